The van der Waals surface area contributed by atoms with E-state index in [4.69, 9.17) is 9.15 Å². The maximum atomic E-state index is 12.9. The average molecular weight is 504 g/mol. The summed E-state index contributed by atoms with van der Waals surface area (Å²) in [6.07, 6.45) is -1.86. The second kappa shape index (κ2) is 11.7. The molecule has 0 radical (unpaired) electrons. The van der Waals surface area contributed by atoms with Gasteiger partial charge in [0.05, 0.1) is 19.4 Å². The summed E-state index contributed by atoms with van der Waals surface area (Å²) in [6.45, 7) is 4.55. The van der Waals surface area contributed by atoms with E-state index in [-0.39, 0.29) is 24.0 Å². The average Bonchev–Trinajstić information content (AvgIpc) is 3.13. The van der Waals surface area contributed by atoms with Gasteiger partial charge in [-0.25, -0.2) is 0 Å². The predicted molar refractivity (Wildman–Crippen MR) is 109 cm³/mol. The van der Waals surface area contributed by atoms with E-state index < -0.39 is 12.2 Å². The van der Waals surface area contributed by atoms with E-state index in [1.54, 1.807) is 13.4 Å². The highest BCUT2D eigenvalue weighted by atomic mass is 127. The molecule has 1 aromatic rings. The topological polar surface area (TPSA) is 53.2 Å². The molecule has 1 aliphatic rings. The van der Waals surface area contributed by atoms with Gasteiger partial charge in [-0.1, -0.05) is 0 Å². The molecule has 0 aromatic carbocycles. The van der Waals surface area contributed by atoms with E-state index >= 15 is 0 Å². The number of hydrogen-bond acceptors (Lipinski definition) is 4. The van der Waals surface area contributed by atoms with Crippen LogP contribution in [0.5, 0.6) is 0 Å². The van der Waals surface area contributed by atoms with Crippen molar-refractivity contribution in [2.45, 2.75) is 25.6 Å². The minimum absolute atomic E-state index is 0. The molecule has 10 heteroatoms. The molecule has 1 saturated heterocycles. The molecule has 2 rings (SSSR count). The quantitative estimate of drug-likeness (QED) is 0.268. The van der Waals surface area contributed by atoms with Crippen LogP contribution in [0.4, 0.5) is 13.2 Å². The van der Waals surface area contributed by atoms with Crippen molar-refractivity contribution in [1.82, 2.24) is 15.1 Å². The molecule has 1 aromatic heterocycles. The number of nitrogens with one attached hydrogen (secondary N) is 1. The van der Waals surface area contributed by atoms with Crippen molar-refractivity contribution < 1.29 is 22.3 Å². The standard InChI is InChI=1S/C17H27F3N4O2.HI/c1-14(17(18,19)20)23-8-10-24(11-9-23)16(22-7-13-25-2)21-6-5-15-4-3-12-26-15;/h3-4,12,14H,5-11,13H2,1-2H3,(H,21,22);1H. The van der Waals surface area contributed by atoms with Crippen molar-refractivity contribution in [2.24, 2.45) is 4.99 Å². The summed E-state index contributed by atoms with van der Waals surface area (Å²) in [5, 5.41) is 3.28. The fourth-order valence-corrected chi connectivity index (χ4v) is 2.79. The molecule has 2 heterocycles. The monoisotopic (exact) mass is 504 g/mol. The van der Waals surface area contributed by atoms with Gasteiger partial charge in [-0.2, -0.15) is 13.2 Å². The van der Waals surface area contributed by atoms with Crippen LogP contribution in [0.3, 0.4) is 0 Å². The molecule has 0 bridgehead atoms. The molecule has 1 unspecified atom stereocenters. The fraction of sp³-hybridized carbons (Fsp3) is 0.706. The lowest BCUT2D eigenvalue weighted by Crippen LogP contribution is -2.57. The molecule has 0 spiro atoms. The van der Waals surface area contributed by atoms with Gasteiger partial charge in [0, 0.05) is 46.3 Å². The van der Waals surface area contributed by atoms with Crippen LogP contribution in [0, 0.1) is 0 Å². The van der Waals surface area contributed by atoms with Gasteiger partial charge in [-0.3, -0.25) is 9.89 Å². The molecule has 1 atom stereocenters. The fourth-order valence-electron chi connectivity index (χ4n) is 2.79. The van der Waals surface area contributed by atoms with Crippen molar-refractivity contribution >= 4 is 29.9 Å². The first-order chi connectivity index (χ1) is 12.4. The molecule has 0 saturated carbocycles. The van der Waals surface area contributed by atoms with Crippen LogP contribution in [0.1, 0.15) is 12.7 Å². The van der Waals surface area contributed by atoms with Crippen LogP contribution in [0.15, 0.2) is 27.8 Å². The summed E-state index contributed by atoms with van der Waals surface area (Å²) >= 11 is 0. The van der Waals surface area contributed by atoms with Crippen molar-refractivity contribution in [3.05, 3.63) is 24.2 Å². The molecule has 0 amide bonds. The summed E-state index contributed by atoms with van der Waals surface area (Å²) < 4.78 is 49.0. The Morgan fingerprint density at radius 1 is 1.33 bits per heavy atom. The van der Waals surface area contributed by atoms with Gasteiger partial charge in [0.2, 0.25) is 0 Å². The smallest absolute Gasteiger partial charge is 0.403 e. The third-order valence-electron chi connectivity index (χ3n) is 4.43. The van der Waals surface area contributed by atoms with Crippen LogP contribution < -0.4 is 5.32 Å². The van der Waals surface area contributed by atoms with E-state index in [0.29, 0.717) is 58.3 Å². The maximum absolute atomic E-state index is 12.9. The molecule has 1 fully saturated rings. The van der Waals surface area contributed by atoms with Gasteiger partial charge in [0.25, 0.3) is 0 Å². The van der Waals surface area contributed by atoms with Crippen molar-refractivity contribution in [3.63, 3.8) is 0 Å². The lowest BCUT2D eigenvalue weighted by atomic mass is 10.2. The Morgan fingerprint density at radius 3 is 2.59 bits per heavy atom. The van der Waals surface area contributed by atoms with Gasteiger partial charge in [0.1, 0.15) is 11.8 Å². The molecular formula is C17H28F3IN4O2. The number of furan rings is 1. The number of alkyl halides is 3. The zero-order chi connectivity index (χ0) is 19.0. The largest absolute Gasteiger partial charge is 0.469 e. The lowest BCUT2D eigenvalue weighted by Gasteiger charge is -2.39. The van der Waals surface area contributed by atoms with Gasteiger partial charge < -0.3 is 19.4 Å². The molecule has 27 heavy (non-hydrogen) atoms. The Bertz CT molecular complexity index is 547. The minimum atomic E-state index is -4.20. The Balaban J connectivity index is 0.00000364. The third-order valence-corrected chi connectivity index (χ3v) is 4.43. The van der Waals surface area contributed by atoms with Crippen LogP contribution in [0.2, 0.25) is 0 Å². The summed E-state index contributed by atoms with van der Waals surface area (Å²) in [5.74, 6) is 1.57. The number of nitrogens with zero attached hydrogens (tertiary/aromatic N) is 3. The Hall–Kier alpha value is -1.01. The SMILES string of the molecule is COCCN=C(NCCc1ccco1)N1CCN(C(C)C(F)(F)F)CC1.I. The number of methoxy groups -OCH3 is 1. The predicted octanol–water partition coefficient (Wildman–Crippen LogP) is 2.60. The number of rotatable bonds is 7. The van der Waals surface area contributed by atoms with Crippen molar-refractivity contribution in [1.29, 1.82) is 0 Å². The highest BCUT2D eigenvalue weighted by molar-refractivity contribution is 14.0. The van der Waals surface area contributed by atoms with Crippen LogP contribution >= 0.6 is 24.0 Å². The second-order valence-corrected chi connectivity index (χ2v) is 6.19. The second-order valence-electron chi connectivity index (χ2n) is 6.19. The highest BCUT2D eigenvalue weighted by Gasteiger charge is 2.41. The maximum Gasteiger partial charge on any atom is 0.403 e. The summed E-state index contributed by atoms with van der Waals surface area (Å²) in [6, 6.07) is 2.32. The number of halogens is 4. The third kappa shape index (κ3) is 7.86. The number of guanidine groups is 1. The Kier molecular flexibility index (Phi) is 10.5. The Labute approximate surface area is 175 Å². The number of hydrogen-bond donors (Lipinski definition) is 1. The van der Waals surface area contributed by atoms with Gasteiger partial charge in [-0.15, -0.1) is 24.0 Å². The van der Waals surface area contributed by atoms with Crippen LogP contribution in [-0.4, -0.2) is 81.0 Å². The number of aliphatic imine (C=N–C) groups is 1. The zero-order valence-corrected chi connectivity index (χ0v) is 18.0. The summed E-state index contributed by atoms with van der Waals surface area (Å²) in [5.41, 5.74) is 0. The van der Waals surface area contributed by atoms with Crippen LogP contribution in [0.25, 0.3) is 0 Å². The van der Waals surface area contributed by atoms with E-state index in [1.807, 2.05) is 17.0 Å². The number of piperazine rings is 1. The summed E-state index contributed by atoms with van der Waals surface area (Å²) in [7, 11) is 1.61. The molecule has 156 valence electrons. The first-order valence-corrected chi connectivity index (χ1v) is 8.77. The van der Waals surface area contributed by atoms with Crippen molar-refractivity contribution in [3.8, 4) is 0 Å². The van der Waals surface area contributed by atoms with Gasteiger partial charge in [0.15, 0.2) is 5.96 Å². The Morgan fingerprint density at radius 2 is 2.04 bits per heavy atom. The molecule has 1 aliphatic heterocycles. The van der Waals surface area contributed by atoms with Crippen molar-refractivity contribution in [2.75, 3.05) is 53.0 Å². The molecular weight excluding hydrogens is 476 g/mol. The summed E-state index contributed by atoms with van der Waals surface area (Å²) in [4.78, 5) is 7.97. The lowest BCUT2D eigenvalue weighted by molar-refractivity contribution is -0.181. The molecule has 1 N–H and O–H groups in total. The molecule has 0 aliphatic carbocycles. The van der Waals surface area contributed by atoms with Gasteiger partial charge in [-0.05, 0) is 19.1 Å². The van der Waals surface area contributed by atoms with Gasteiger partial charge >= 0.3 is 6.18 Å². The van der Waals surface area contributed by atoms with Crippen LogP contribution in [-0.2, 0) is 11.2 Å². The first kappa shape index (κ1) is 24.0. The number of ether oxygens (including phenoxy) is 1. The minimum Gasteiger partial charge on any atom is -0.469 e. The molecule has 6 nitrogen and oxygen atoms in total. The zero-order valence-electron chi connectivity index (χ0n) is 15.7. The highest BCUT2D eigenvalue weighted by Crippen LogP contribution is 2.25. The van der Waals surface area contributed by atoms with E-state index in [0.717, 1.165) is 5.76 Å². The van der Waals surface area contributed by atoms with E-state index in [1.165, 1.54) is 11.8 Å². The van der Waals surface area contributed by atoms with E-state index in [9.17, 15) is 13.2 Å². The first-order valence-electron chi connectivity index (χ1n) is 8.77. The van der Waals surface area contributed by atoms with E-state index in [2.05, 4.69) is 10.3 Å². The normalized spacial score (nSPS) is 17.5.